The minimum atomic E-state index is -1.38. The zero-order chi connectivity index (χ0) is 19.3. The quantitative estimate of drug-likeness (QED) is 0.839. The van der Waals surface area contributed by atoms with E-state index in [4.69, 9.17) is 23.7 Å². The van der Waals surface area contributed by atoms with E-state index >= 15 is 0 Å². The first kappa shape index (κ1) is 17.3. The minimum absolute atomic E-state index is 0.0342. The van der Waals surface area contributed by atoms with Crippen molar-refractivity contribution in [3.8, 4) is 34.5 Å². The summed E-state index contributed by atoms with van der Waals surface area (Å²) < 4.78 is 27.0. The first-order valence-corrected chi connectivity index (χ1v) is 8.21. The van der Waals surface area contributed by atoms with Gasteiger partial charge in [0.25, 0.3) is 0 Å². The lowest BCUT2D eigenvalue weighted by atomic mass is 9.81. The van der Waals surface area contributed by atoms with Gasteiger partial charge in [-0.1, -0.05) is 0 Å². The normalized spacial score (nSPS) is 22.5. The van der Waals surface area contributed by atoms with Gasteiger partial charge in [0.15, 0.2) is 23.4 Å². The monoisotopic (exact) mass is 374 g/mol. The molecule has 3 unspecified atom stereocenters. The number of benzene rings is 2. The number of methoxy groups -OCH3 is 3. The Morgan fingerprint density at radius 3 is 2.30 bits per heavy atom. The number of Topliss-reactive ketones (excluding diaryl/α,β-unsaturated/α-hetero) is 1. The molecule has 0 saturated carbocycles. The van der Waals surface area contributed by atoms with Crippen LogP contribution in [0.25, 0.3) is 0 Å². The zero-order valence-corrected chi connectivity index (χ0v) is 14.9. The zero-order valence-electron chi connectivity index (χ0n) is 14.9. The fourth-order valence-electron chi connectivity index (χ4n) is 3.51. The van der Waals surface area contributed by atoms with E-state index in [9.17, 15) is 15.0 Å². The Balaban J connectivity index is 1.88. The van der Waals surface area contributed by atoms with Gasteiger partial charge < -0.3 is 33.9 Å². The molecule has 0 fully saturated rings. The second-order valence-electron chi connectivity index (χ2n) is 6.20. The fraction of sp³-hybridized carbons (Fsp3) is 0.316. The molecule has 2 aliphatic heterocycles. The topological polar surface area (TPSA) is 104 Å². The summed E-state index contributed by atoms with van der Waals surface area (Å²) in [5, 5.41) is 20.7. The van der Waals surface area contributed by atoms with Crippen LogP contribution in [0.1, 0.15) is 21.8 Å². The van der Waals surface area contributed by atoms with Crippen molar-refractivity contribution in [2.24, 2.45) is 0 Å². The molecule has 0 saturated heterocycles. The van der Waals surface area contributed by atoms with Gasteiger partial charge in [-0.2, -0.15) is 0 Å². The van der Waals surface area contributed by atoms with Crippen molar-refractivity contribution in [2.45, 2.75) is 18.3 Å². The first-order chi connectivity index (χ1) is 13.0. The van der Waals surface area contributed by atoms with Crippen LogP contribution in [-0.2, 0) is 0 Å². The lowest BCUT2D eigenvalue weighted by molar-refractivity contribution is -0.112. The van der Waals surface area contributed by atoms with Crippen molar-refractivity contribution in [1.82, 2.24) is 0 Å². The number of rotatable bonds is 3. The predicted octanol–water partition coefficient (Wildman–Crippen LogP) is 1.86. The number of phenols is 1. The van der Waals surface area contributed by atoms with Crippen molar-refractivity contribution in [3.63, 3.8) is 0 Å². The summed E-state index contributed by atoms with van der Waals surface area (Å²) in [6, 6.07) is 5.99. The standard InChI is InChI=1S/C19H18O8/c1-23-8-4-10(20)16-14(5-8)26-18-15(17(16)21)9-6-12(24-2)13(25-3)7-11(9)27-19(18)22/h4-7,15,18-20,22H,1-3H3. The van der Waals surface area contributed by atoms with Gasteiger partial charge in [-0.3, -0.25) is 4.79 Å². The highest BCUT2D eigenvalue weighted by Crippen LogP contribution is 2.50. The molecule has 0 radical (unpaired) electrons. The van der Waals surface area contributed by atoms with Crippen LogP contribution in [-0.4, -0.2) is 49.7 Å². The Morgan fingerprint density at radius 2 is 1.63 bits per heavy atom. The van der Waals surface area contributed by atoms with Gasteiger partial charge in [0.2, 0.25) is 6.29 Å². The van der Waals surface area contributed by atoms with E-state index in [0.717, 1.165) is 0 Å². The molecule has 8 nitrogen and oxygen atoms in total. The SMILES string of the molecule is COc1cc(O)c2c(c1)OC1C(O)Oc3cc(OC)c(OC)cc3C1C2=O. The molecule has 27 heavy (non-hydrogen) atoms. The third kappa shape index (κ3) is 2.52. The molecule has 0 aliphatic carbocycles. The third-order valence-corrected chi connectivity index (χ3v) is 4.79. The Morgan fingerprint density at radius 1 is 0.926 bits per heavy atom. The van der Waals surface area contributed by atoms with Crippen LogP contribution in [0.15, 0.2) is 24.3 Å². The molecule has 4 rings (SSSR count). The average molecular weight is 374 g/mol. The van der Waals surface area contributed by atoms with E-state index in [1.165, 1.54) is 33.5 Å². The van der Waals surface area contributed by atoms with Crippen molar-refractivity contribution in [2.75, 3.05) is 21.3 Å². The summed E-state index contributed by atoms with van der Waals surface area (Å²) in [6.07, 6.45) is -2.37. The minimum Gasteiger partial charge on any atom is -0.507 e. The van der Waals surface area contributed by atoms with Crippen LogP contribution < -0.4 is 23.7 Å². The lowest BCUT2D eigenvalue weighted by Gasteiger charge is -2.39. The third-order valence-electron chi connectivity index (χ3n) is 4.79. The number of aliphatic hydroxyl groups excluding tert-OH is 1. The highest BCUT2D eigenvalue weighted by molar-refractivity contribution is 6.07. The molecule has 2 aromatic carbocycles. The molecule has 0 spiro atoms. The van der Waals surface area contributed by atoms with E-state index in [2.05, 4.69) is 0 Å². The number of ether oxygens (including phenoxy) is 5. The number of hydrogen-bond acceptors (Lipinski definition) is 8. The number of aliphatic hydroxyl groups is 1. The van der Waals surface area contributed by atoms with Crippen molar-refractivity contribution in [3.05, 3.63) is 35.4 Å². The number of ketones is 1. The molecule has 8 heteroatoms. The van der Waals surface area contributed by atoms with Crippen LogP contribution >= 0.6 is 0 Å². The van der Waals surface area contributed by atoms with Gasteiger partial charge in [0.05, 0.1) is 27.2 Å². The van der Waals surface area contributed by atoms with Crippen molar-refractivity contribution < 1.29 is 38.7 Å². The van der Waals surface area contributed by atoms with E-state index in [1.807, 2.05) is 0 Å². The van der Waals surface area contributed by atoms with Crippen LogP contribution in [0.2, 0.25) is 0 Å². The molecule has 2 heterocycles. The summed E-state index contributed by atoms with van der Waals surface area (Å²) in [5.41, 5.74) is 0.515. The molecule has 0 amide bonds. The Bertz CT molecular complexity index is 922. The highest BCUT2D eigenvalue weighted by atomic mass is 16.6. The largest absolute Gasteiger partial charge is 0.507 e. The Labute approximate surface area is 154 Å². The number of carbonyl (C=O) groups is 1. The van der Waals surface area contributed by atoms with Crippen LogP contribution in [0.5, 0.6) is 34.5 Å². The second kappa shape index (κ2) is 6.24. The summed E-state index contributed by atoms with van der Waals surface area (Å²) >= 11 is 0. The van der Waals surface area contributed by atoms with Crippen molar-refractivity contribution >= 4 is 5.78 Å². The van der Waals surface area contributed by atoms with Gasteiger partial charge in [0, 0.05) is 23.8 Å². The number of hydrogen-bond donors (Lipinski definition) is 2. The van der Waals surface area contributed by atoms with E-state index < -0.39 is 24.1 Å². The van der Waals surface area contributed by atoms with Gasteiger partial charge in [-0.25, -0.2) is 0 Å². The van der Waals surface area contributed by atoms with Crippen LogP contribution in [0, 0.1) is 0 Å². The van der Waals surface area contributed by atoms with E-state index in [-0.39, 0.29) is 22.8 Å². The molecule has 3 atom stereocenters. The average Bonchev–Trinajstić information content (AvgIpc) is 2.66. The number of carbonyl (C=O) groups excluding carboxylic acids is 1. The Hall–Kier alpha value is -3.13. The van der Waals surface area contributed by atoms with E-state index in [0.29, 0.717) is 22.8 Å². The van der Waals surface area contributed by atoms with Gasteiger partial charge in [-0.15, -0.1) is 0 Å². The van der Waals surface area contributed by atoms with Crippen LogP contribution in [0.4, 0.5) is 0 Å². The fourth-order valence-corrected chi connectivity index (χ4v) is 3.51. The molecular weight excluding hydrogens is 356 g/mol. The summed E-state index contributed by atoms with van der Waals surface area (Å²) in [6.45, 7) is 0. The second-order valence-corrected chi connectivity index (χ2v) is 6.20. The maximum Gasteiger partial charge on any atom is 0.235 e. The summed E-state index contributed by atoms with van der Waals surface area (Å²) in [5.74, 6) is 0.0324. The van der Waals surface area contributed by atoms with Gasteiger partial charge in [0.1, 0.15) is 28.6 Å². The predicted molar refractivity (Wildman–Crippen MR) is 92.3 cm³/mol. The van der Waals surface area contributed by atoms with Crippen molar-refractivity contribution in [1.29, 1.82) is 0 Å². The number of phenolic OH excluding ortho intramolecular Hbond substituents is 1. The molecule has 2 aromatic rings. The lowest BCUT2D eigenvalue weighted by Crippen LogP contribution is -2.49. The Kier molecular flexibility index (Phi) is 4.00. The molecular formula is C19H18O8. The maximum absolute atomic E-state index is 13.2. The smallest absolute Gasteiger partial charge is 0.235 e. The highest BCUT2D eigenvalue weighted by Gasteiger charge is 2.49. The number of aromatic hydroxyl groups is 1. The van der Waals surface area contributed by atoms with Gasteiger partial charge >= 0.3 is 0 Å². The van der Waals surface area contributed by atoms with E-state index in [1.54, 1.807) is 12.1 Å². The maximum atomic E-state index is 13.2. The molecule has 0 bridgehead atoms. The molecule has 142 valence electrons. The summed E-state index contributed by atoms with van der Waals surface area (Å²) in [4.78, 5) is 13.2. The number of fused-ring (bicyclic) bond motifs is 4. The van der Waals surface area contributed by atoms with Crippen LogP contribution in [0.3, 0.4) is 0 Å². The summed E-state index contributed by atoms with van der Waals surface area (Å²) in [7, 11) is 4.39. The van der Waals surface area contributed by atoms with Gasteiger partial charge in [-0.05, 0) is 6.07 Å². The molecule has 0 aromatic heterocycles. The molecule has 2 aliphatic rings. The first-order valence-electron chi connectivity index (χ1n) is 8.21. The molecule has 2 N–H and O–H groups in total.